The van der Waals surface area contributed by atoms with Crippen molar-refractivity contribution in [2.45, 2.75) is 39.0 Å². The van der Waals surface area contributed by atoms with Crippen LogP contribution >= 0.6 is 0 Å². The number of carbonyl (C=O) groups is 1. The van der Waals surface area contributed by atoms with Crippen molar-refractivity contribution in [1.82, 2.24) is 14.8 Å². The zero-order valence-corrected chi connectivity index (χ0v) is 16.4. The molecule has 4 aromatic rings. The minimum absolute atomic E-state index is 0.170. The van der Waals surface area contributed by atoms with E-state index in [4.69, 9.17) is 0 Å². The Kier molecular flexibility index (Phi) is 3.81. The fraction of sp³-hybridized carbons (Fsp3) is 0.304. The zero-order valence-electron chi connectivity index (χ0n) is 16.4. The molecular formula is C23H22FN3O2. The number of benzene rings is 2. The van der Waals surface area contributed by atoms with Gasteiger partial charge >= 0.3 is 5.97 Å². The molecule has 2 heterocycles. The van der Waals surface area contributed by atoms with Crippen molar-refractivity contribution in [2.75, 3.05) is 0 Å². The van der Waals surface area contributed by atoms with E-state index >= 15 is 0 Å². The van der Waals surface area contributed by atoms with Gasteiger partial charge < -0.3 is 9.67 Å². The van der Waals surface area contributed by atoms with E-state index in [-0.39, 0.29) is 11.7 Å². The van der Waals surface area contributed by atoms with E-state index in [1.807, 2.05) is 0 Å². The number of aliphatic carboxylic acids is 1. The van der Waals surface area contributed by atoms with Crippen molar-refractivity contribution < 1.29 is 14.3 Å². The minimum atomic E-state index is -0.725. The van der Waals surface area contributed by atoms with Gasteiger partial charge in [-0.25, -0.2) is 4.39 Å². The summed E-state index contributed by atoms with van der Waals surface area (Å²) in [5.41, 5.74) is 4.26. The maximum atomic E-state index is 13.6. The van der Waals surface area contributed by atoms with Gasteiger partial charge in [-0.1, -0.05) is 13.8 Å². The Morgan fingerprint density at radius 1 is 1.28 bits per heavy atom. The van der Waals surface area contributed by atoms with Crippen molar-refractivity contribution in [1.29, 1.82) is 0 Å². The van der Waals surface area contributed by atoms with Crippen LogP contribution in [0.25, 0.3) is 27.5 Å². The molecule has 0 radical (unpaired) electrons. The first-order valence-corrected chi connectivity index (χ1v) is 9.89. The Morgan fingerprint density at radius 3 is 2.62 bits per heavy atom. The van der Waals surface area contributed by atoms with Gasteiger partial charge in [-0.05, 0) is 67.1 Å². The Bertz CT molecular complexity index is 1250. The molecule has 5 nitrogen and oxygen atoms in total. The summed E-state index contributed by atoms with van der Waals surface area (Å²) in [6.07, 6.45) is 3.69. The van der Waals surface area contributed by atoms with E-state index in [1.165, 1.54) is 12.1 Å². The highest BCUT2D eigenvalue weighted by atomic mass is 19.1. The van der Waals surface area contributed by atoms with Crippen LogP contribution < -0.4 is 0 Å². The number of fused-ring (bicyclic) bond motifs is 2. The third-order valence-electron chi connectivity index (χ3n) is 6.13. The Balaban J connectivity index is 1.85. The third kappa shape index (κ3) is 2.74. The third-order valence-corrected chi connectivity index (χ3v) is 6.13. The number of rotatable bonds is 5. The molecule has 0 spiro atoms. The minimum Gasteiger partial charge on any atom is -0.481 e. The average molecular weight is 391 g/mol. The molecule has 29 heavy (non-hydrogen) atoms. The fourth-order valence-electron chi connectivity index (χ4n) is 4.43. The van der Waals surface area contributed by atoms with Gasteiger partial charge in [-0.3, -0.25) is 9.89 Å². The first-order valence-electron chi connectivity index (χ1n) is 9.89. The van der Waals surface area contributed by atoms with Crippen LogP contribution in [0.5, 0.6) is 0 Å². The van der Waals surface area contributed by atoms with Gasteiger partial charge in [0.25, 0.3) is 0 Å². The summed E-state index contributed by atoms with van der Waals surface area (Å²) in [6.45, 7) is 4.23. The van der Waals surface area contributed by atoms with E-state index in [0.29, 0.717) is 19.3 Å². The molecule has 0 amide bonds. The summed E-state index contributed by atoms with van der Waals surface area (Å²) in [5.74, 6) is -0.836. The van der Waals surface area contributed by atoms with Crippen molar-refractivity contribution in [2.24, 2.45) is 5.41 Å². The molecule has 148 valence electrons. The van der Waals surface area contributed by atoms with Crippen molar-refractivity contribution >= 4 is 27.8 Å². The SMILES string of the molecule is CC(C)c1c(CC2(C(=O)O)CC2)c2cc3[nH]ncc3cc2n1-c1ccc(F)cc1. The molecule has 0 aliphatic heterocycles. The Hall–Kier alpha value is -3.15. The summed E-state index contributed by atoms with van der Waals surface area (Å²) in [4.78, 5) is 11.9. The second-order valence-corrected chi connectivity index (χ2v) is 8.42. The Labute approximate surface area is 167 Å². The average Bonchev–Trinajstić information content (AvgIpc) is 3.22. The summed E-state index contributed by atoms with van der Waals surface area (Å²) < 4.78 is 15.7. The molecule has 0 bridgehead atoms. The molecule has 1 saturated carbocycles. The van der Waals surface area contributed by atoms with Crippen molar-refractivity contribution in [3.63, 3.8) is 0 Å². The Morgan fingerprint density at radius 2 is 2.00 bits per heavy atom. The van der Waals surface area contributed by atoms with Crippen LogP contribution in [0.15, 0.2) is 42.6 Å². The number of nitrogens with zero attached hydrogens (tertiary/aromatic N) is 2. The molecule has 5 rings (SSSR count). The van der Waals surface area contributed by atoms with Gasteiger partial charge in [0.2, 0.25) is 0 Å². The lowest BCUT2D eigenvalue weighted by Gasteiger charge is -2.17. The summed E-state index contributed by atoms with van der Waals surface area (Å²) in [5, 5.41) is 19.0. The first-order chi connectivity index (χ1) is 13.9. The number of hydrogen-bond donors (Lipinski definition) is 2. The van der Waals surface area contributed by atoms with Gasteiger partial charge in [0.1, 0.15) is 5.82 Å². The van der Waals surface area contributed by atoms with E-state index in [1.54, 1.807) is 18.3 Å². The van der Waals surface area contributed by atoms with Crippen molar-refractivity contribution in [3.05, 3.63) is 59.7 Å². The lowest BCUT2D eigenvalue weighted by molar-refractivity contribution is -0.143. The lowest BCUT2D eigenvalue weighted by atomic mass is 9.91. The van der Waals surface area contributed by atoms with Gasteiger partial charge in [0.15, 0.2) is 0 Å². The number of H-pyrrole nitrogens is 1. The summed E-state index contributed by atoms with van der Waals surface area (Å²) >= 11 is 0. The van der Waals surface area contributed by atoms with Crippen LogP contribution in [-0.4, -0.2) is 25.8 Å². The lowest BCUT2D eigenvalue weighted by Crippen LogP contribution is -2.18. The van der Waals surface area contributed by atoms with Crippen LogP contribution in [0.3, 0.4) is 0 Å². The first kappa shape index (κ1) is 17.9. The maximum absolute atomic E-state index is 13.6. The highest BCUT2D eigenvalue weighted by Gasteiger charge is 2.51. The van der Waals surface area contributed by atoms with Crippen LogP contribution in [-0.2, 0) is 11.2 Å². The quantitative estimate of drug-likeness (QED) is 0.493. The van der Waals surface area contributed by atoms with E-state index in [2.05, 4.69) is 40.7 Å². The van der Waals surface area contributed by atoms with Crippen LogP contribution in [0.1, 0.15) is 43.9 Å². The van der Waals surface area contributed by atoms with Gasteiger partial charge in [0, 0.05) is 22.2 Å². The normalized spacial score (nSPS) is 15.4. The highest BCUT2D eigenvalue weighted by molar-refractivity contribution is 5.99. The van der Waals surface area contributed by atoms with E-state index in [0.717, 1.165) is 38.8 Å². The van der Waals surface area contributed by atoms with Crippen LogP contribution in [0.2, 0.25) is 0 Å². The number of hydrogen-bond acceptors (Lipinski definition) is 2. The number of carboxylic acids is 1. The second kappa shape index (κ2) is 6.17. The van der Waals surface area contributed by atoms with Gasteiger partial charge in [-0.2, -0.15) is 5.10 Å². The largest absolute Gasteiger partial charge is 0.481 e. The molecule has 0 saturated heterocycles. The molecule has 2 N–H and O–H groups in total. The molecule has 0 atom stereocenters. The smallest absolute Gasteiger partial charge is 0.309 e. The number of aromatic nitrogens is 3. The molecule has 1 fully saturated rings. The molecule has 0 unspecified atom stereocenters. The molecule has 2 aromatic carbocycles. The van der Waals surface area contributed by atoms with E-state index in [9.17, 15) is 14.3 Å². The molecule has 1 aliphatic rings. The number of halogens is 1. The maximum Gasteiger partial charge on any atom is 0.309 e. The van der Waals surface area contributed by atoms with Gasteiger partial charge in [-0.15, -0.1) is 0 Å². The zero-order chi connectivity index (χ0) is 20.3. The predicted octanol–water partition coefficient (Wildman–Crippen LogP) is 5.18. The molecular weight excluding hydrogens is 369 g/mol. The molecule has 6 heteroatoms. The number of nitrogens with one attached hydrogen (secondary N) is 1. The monoisotopic (exact) mass is 391 g/mol. The van der Waals surface area contributed by atoms with Crippen LogP contribution in [0.4, 0.5) is 4.39 Å². The highest BCUT2D eigenvalue weighted by Crippen LogP contribution is 2.51. The summed E-state index contributed by atoms with van der Waals surface area (Å²) in [7, 11) is 0. The standard InChI is InChI=1S/C23H22FN3O2/c1-13(2)21-18(11-23(7-8-23)22(28)29)17-10-19-14(12-25-26-19)9-20(17)27(21)16-5-3-15(24)4-6-16/h3-6,9-10,12-13H,7-8,11H2,1-2H3,(H,25,26)(H,28,29). The fourth-order valence-corrected chi connectivity index (χ4v) is 4.43. The number of aromatic amines is 1. The predicted molar refractivity (Wildman–Crippen MR) is 110 cm³/mol. The van der Waals surface area contributed by atoms with Crippen molar-refractivity contribution in [3.8, 4) is 5.69 Å². The summed E-state index contributed by atoms with van der Waals surface area (Å²) in [6, 6.07) is 10.6. The molecule has 2 aromatic heterocycles. The van der Waals surface area contributed by atoms with Crippen LogP contribution in [0, 0.1) is 11.2 Å². The molecule has 1 aliphatic carbocycles. The number of carboxylic acid groups (broad SMARTS) is 1. The second-order valence-electron chi connectivity index (χ2n) is 8.42. The van der Waals surface area contributed by atoms with Gasteiger partial charge in [0.05, 0.1) is 22.6 Å². The van der Waals surface area contributed by atoms with E-state index < -0.39 is 11.4 Å². The topological polar surface area (TPSA) is 70.9 Å².